The van der Waals surface area contributed by atoms with Crippen LogP contribution in [0.3, 0.4) is 0 Å². The largest absolute Gasteiger partial charge is 0.322 e. The highest BCUT2D eigenvalue weighted by molar-refractivity contribution is 14.1. The van der Waals surface area contributed by atoms with Crippen molar-refractivity contribution < 1.29 is 13.6 Å². The van der Waals surface area contributed by atoms with Crippen LogP contribution in [0, 0.1) is 22.1 Å². The maximum atomic E-state index is 13.1. The molecule has 5 heteroatoms. The molecule has 1 amide bonds. The molecule has 2 aromatic carbocycles. The lowest BCUT2D eigenvalue weighted by atomic mass is 10.2. The Morgan fingerprint density at radius 1 is 1.16 bits per heavy atom. The Bertz CT molecular complexity index is 643. The molecule has 0 bridgehead atoms. The number of rotatable bonds is 2. The van der Waals surface area contributed by atoms with Gasteiger partial charge in [0.1, 0.15) is 11.6 Å². The third kappa shape index (κ3) is 3.28. The Morgan fingerprint density at radius 3 is 2.53 bits per heavy atom. The van der Waals surface area contributed by atoms with E-state index in [1.165, 1.54) is 30.3 Å². The molecule has 1 N–H and O–H groups in total. The van der Waals surface area contributed by atoms with Crippen LogP contribution in [0.2, 0.25) is 0 Å². The first-order valence-electron chi connectivity index (χ1n) is 5.50. The first kappa shape index (κ1) is 13.9. The molecule has 0 heterocycles. The topological polar surface area (TPSA) is 29.1 Å². The first-order valence-corrected chi connectivity index (χ1v) is 6.58. The number of halogens is 3. The third-order valence-electron chi connectivity index (χ3n) is 2.59. The van der Waals surface area contributed by atoms with Gasteiger partial charge in [0.2, 0.25) is 0 Å². The number of amides is 1. The van der Waals surface area contributed by atoms with Crippen molar-refractivity contribution in [3.8, 4) is 0 Å². The van der Waals surface area contributed by atoms with E-state index in [0.717, 1.165) is 0 Å². The van der Waals surface area contributed by atoms with Crippen molar-refractivity contribution >= 4 is 34.2 Å². The number of hydrogen-bond donors (Lipinski definition) is 1. The van der Waals surface area contributed by atoms with Gasteiger partial charge in [-0.15, -0.1) is 0 Å². The SMILES string of the molecule is Cc1cc(NC(=O)c2ccc(F)cc2I)ccc1F. The molecule has 2 nitrogen and oxygen atoms in total. The summed E-state index contributed by atoms with van der Waals surface area (Å²) < 4.78 is 26.6. The van der Waals surface area contributed by atoms with Crippen LogP contribution in [-0.4, -0.2) is 5.91 Å². The van der Waals surface area contributed by atoms with Crippen molar-refractivity contribution in [1.29, 1.82) is 0 Å². The molecule has 2 aromatic rings. The van der Waals surface area contributed by atoms with E-state index in [4.69, 9.17) is 0 Å². The van der Waals surface area contributed by atoms with E-state index in [2.05, 4.69) is 5.32 Å². The van der Waals surface area contributed by atoms with Crippen molar-refractivity contribution in [1.82, 2.24) is 0 Å². The normalized spacial score (nSPS) is 10.3. The minimum absolute atomic E-state index is 0.325. The van der Waals surface area contributed by atoms with Gasteiger partial charge in [-0.3, -0.25) is 4.79 Å². The summed E-state index contributed by atoms with van der Waals surface area (Å²) in [4.78, 5) is 12.0. The summed E-state index contributed by atoms with van der Waals surface area (Å²) >= 11 is 1.90. The van der Waals surface area contributed by atoms with Crippen LogP contribution in [0.4, 0.5) is 14.5 Å². The molecule has 19 heavy (non-hydrogen) atoms. The Hall–Kier alpha value is -1.50. The molecular formula is C14H10F2INO. The summed E-state index contributed by atoms with van der Waals surface area (Å²) in [6, 6.07) is 8.25. The lowest BCUT2D eigenvalue weighted by Gasteiger charge is -2.08. The fraction of sp³-hybridized carbons (Fsp3) is 0.0714. The molecule has 0 unspecified atom stereocenters. The third-order valence-corrected chi connectivity index (χ3v) is 3.48. The van der Waals surface area contributed by atoms with Gasteiger partial charge in [0, 0.05) is 9.26 Å². The minimum atomic E-state index is -0.390. The molecule has 0 aliphatic rings. The van der Waals surface area contributed by atoms with Gasteiger partial charge in [-0.05, 0) is 71.5 Å². The summed E-state index contributed by atoms with van der Waals surface area (Å²) in [6.45, 7) is 1.62. The maximum Gasteiger partial charge on any atom is 0.256 e. The van der Waals surface area contributed by atoms with Crippen molar-refractivity contribution in [3.05, 3.63) is 62.7 Å². The van der Waals surface area contributed by atoms with Gasteiger partial charge in [0.25, 0.3) is 5.91 Å². The van der Waals surface area contributed by atoms with E-state index in [1.807, 2.05) is 22.6 Å². The summed E-state index contributed by atoms with van der Waals surface area (Å²) in [7, 11) is 0. The molecule has 0 aliphatic heterocycles. The second-order valence-electron chi connectivity index (χ2n) is 4.04. The van der Waals surface area contributed by atoms with Crippen LogP contribution < -0.4 is 5.32 Å². The van der Waals surface area contributed by atoms with E-state index in [-0.39, 0.29) is 11.7 Å². The molecule has 0 aromatic heterocycles. The quantitative estimate of drug-likeness (QED) is 0.789. The van der Waals surface area contributed by atoms with Crippen LogP contribution in [0.1, 0.15) is 15.9 Å². The van der Waals surface area contributed by atoms with Crippen molar-refractivity contribution in [2.75, 3.05) is 5.32 Å². The van der Waals surface area contributed by atoms with Crippen LogP contribution in [0.15, 0.2) is 36.4 Å². The van der Waals surface area contributed by atoms with Gasteiger partial charge in [-0.1, -0.05) is 0 Å². The van der Waals surface area contributed by atoms with Gasteiger partial charge in [0.15, 0.2) is 0 Å². The fourth-order valence-corrected chi connectivity index (χ4v) is 2.32. The molecule has 0 fully saturated rings. The molecule has 0 atom stereocenters. The van der Waals surface area contributed by atoms with Crippen molar-refractivity contribution in [2.45, 2.75) is 6.92 Å². The maximum absolute atomic E-state index is 13.1. The van der Waals surface area contributed by atoms with E-state index >= 15 is 0 Å². The number of anilines is 1. The second kappa shape index (κ2) is 5.64. The van der Waals surface area contributed by atoms with E-state index in [1.54, 1.807) is 13.0 Å². The zero-order valence-electron chi connectivity index (χ0n) is 10.0. The average molecular weight is 373 g/mol. The van der Waals surface area contributed by atoms with Gasteiger partial charge in [-0.25, -0.2) is 8.78 Å². The number of benzene rings is 2. The number of hydrogen-bond acceptors (Lipinski definition) is 1. The number of aryl methyl sites for hydroxylation is 1. The molecule has 0 saturated carbocycles. The van der Waals surface area contributed by atoms with Crippen molar-refractivity contribution in [2.24, 2.45) is 0 Å². The number of nitrogens with one attached hydrogen (secondary N) is 1. The molecule has 0 saturated heterocycles. The van der Waals surface area contributed by atoms with E-state index < -0.39 is 5.82 Å². The highest BCUT2D eigenvalue weighted by atomic mass is 127. The zero-order valence-corrected chi connectivity index (χ0v) is 12.2. The zero-order chi connectivity index (χ0) is 14.0. The van der Waals surface area contributed by atoms with Crippen LogP contribution >= 0.6 is 22.6 Å². The van der Waals surface area contributed by atoms with Gasteiger partial charge in [0.05, 0.1) is 5.56 Å². The van der Waals surface area contributed by atoms with Crippen LogP contribution in [-0.2, 0) is 0 Å². The van der Waals surface area contributed by atoms with E-state index in [9.17, 15) is 13.6 Å². The Kier molecular flexibility index (Phi) is 4.14. The molecule has 0 spiro atoms. The molecule has 2 rings (SSSR count). The summed E-state index contributed by atoms with van der Waals surface area (Å²) in [5, 5.41) is 2.65. The van der Waals surface area contributed by atoms with Crippen molar-refractivity contribution in [3.63, 3.8) is 0 Å². The fourth-order valence-electron chi connectivity index (χ4n) is 1.59. The van der Waals surface area contributed by atoms with Gasteiger partial charge < -0.3 is 5.32 Å². The summed E-state index contributed by atoms with van der Waals surface area (Å²) in [6.07, 6.45) is 0. The standard InChI is InChI=1S/C14H10F2INO/c1-8-6-10(3-5-12(8)16)18-14(19)11-4-2-9(15)7-13(11)17/h2-7H,1H3,(H,18,19). The predicted octanol–water partition coefficient (Wildman–Crippen LogP) is 4.13. The Labute approximate surface area is 123 Å². The lowest BCUT2D eigenvalue weighted by Crippen LogP contribution is -2.13. The second-order valence-corrected chi connectivity index (χ2v) is 5.20. The smallest absolute Gasteiger partial charge is 0.256 e. The Morgan fingerprint density at radius 2 is 1.89 bits per heavy atom. The predicted molar refractivity (Wildman–Crippen MR) is 78.2 cm³/mol. The van der Waals surface area contributed by atoms with Gasteiger partial charge in [-0.2, -0.15) is 0 Å². The Balaban J connectivity index is 2.23. The average Bonchev–Trinajstić information content (AvgIpc) is 2.33. The highest BCUT2D eigenvalue weighted by Crippen LogP contribution is 2.18. The molecule has 0 aliphatic carbocycles. The summed E-state index contributed by atoms with van der Waals surface area (Å²) in [5.41, 5.74) is 1.33. The molecule has 0 radical (unpaired) electrons. The summed E-state index contributed by atoms with van der Waals surface area (Å²) in [5.74, 6) is -1.07. The molecule has 98 valence electrons. The van der Waals surface area contributed by atoms with Crippen LogP contribution in [0.5, 0.6) is 0 Å². The molecular weight excluding hydrogens is 363 g/mol. The minimum Gasteiger partial charge on any atom is -0.322 e. The number of carbonyl (C=O) groups excluding carboxylic acids is 1. The lowest BCUT2D eigenvalue weighted by molar-refractivity contribution is 0.102. The first-order chi connectivity index (χ1) is 8.97. The van der Waals surface area contributed by atoms with Gasteiger partial charge >= 0.3 is 0 Å². The number of carbonyl (C=O) groups is 1. The monoisotopic (exact) mass is 373 g/mol. The van der Waals surface area contributed by atoms with Crippen LogP contribution in [0.25, 0.3) is 0 Å². The van der Waals surface area contributed by atoms with E-state index in [0.29, 0.717) is 20.4 Å². The highest BCUT2D eigenvalue weighted by Gasteiger charge is 2.11.